The topological polar surface area (TPSA) is 71.1 Å². The zero-order chi connectivity index (χ0) is 36.4. The highest BCUT2D eigenvalue weighted by Crippen LogP contribution is 2.31. The summed E-state index contributed by atoms with van der Waals surface area (Å²) in [6.07, 6.45) is 44.3. The molecule has 0 unspecified atom stereocenters. The van der Waals surface area contributed by atoms with Crippen molar-refractivity contribution >= 4 is 11.9 Å². The SMILES string of the molecule is CCCCC/C=C\C/C=C\CCCCCCCC(=O)OCC1(COC(=O)CCCCCCC/C=C\C/C=C\CCCCC)COC(C)(C)OC1. The van der Waals surface area contributed by atoms with Crippen molar-refractivity contribution < 1.29 is 28.5 Å². The van der Waals surface area contributed by atoms with Gasteiger partial charge in [-0.1, -0.05) is 127 Å². The molecule has 1 heterocycles. The third kappa shape index (κ3) is 27.5. The van der Waals surface area contributed by atoms with Gasteiger partial charge in [0.05, 0.1) is 18.6 Å². The number of allylic oxidation sites excluding steroid dienone is 8. The molecule has 1 fully saturated rings. The first-order chi connectivity index (χ1) is 24.3. The molecule has 0 spiro atoms. The predicted molar refractivity (Wildman–Crippen MR) is 209 cm³/mol. The lowest BCUT2D eigenvalue weighted by Gasteiger charge is -2.42. The number of rotatable bonds is 32. The lowest BCUT2D eigenvalue weighted by molar-refractivity contribution is -0.296. The summed E-state index contributed by atoms with van der Waals surface area (Å²) >= 11 is 0. The summed E-state index contributed by atoms with van der Waals surface area (Å²) < 4.78 is 23.2. The van der Waals surface area contributed by atoms with Crippen molar-refractivity contribution in [2.24, 2.45) is 5.41 Å². The lowest BCUT2D eigenvalue weighted by atomic mass is 9.91. The molecular weight excluding hydrogens is 624 g/mol. The highest BCUT2D eigenvalue weighted by atomic mass is 16.7. The zero-order valence-corrected chi connectivity index (χ0v) is 32.9. The van der Waals surface area contributed by atoms with E-state index in [1.807, 2.05) is 13.8 Å². The first-order valence-electron chi connectivity index (χ1n) is 20.5. The monoisotopic (exact) mass is 701 g/mol. The Bertz CT molecular complexity index is 872. The molecule has 0 aromatic rings. The second-order valence-electron chi connectivity index (χ2n) is 14.8. The van der Waals surface area contributed by atoms with E-state index >= 15 is 0 Å². The van der Waals surface area contributed by atoms with Crippen LogP contribution in [0.25, 0.3) is 0 Å². The van der Waals surface area contributed by atoms with Gasteiger partial charge in [-0.3, -0.25) is 9.59 Å². The fourth-order valence-electron chi connectivity index (χ4n) is 5.72. The minimum Gasteiger partial charge on any atom is -0.465 e. The Morgan fingerprint density at radius 3 is 1.22 bits per heavy atom. The third-order valence-electron chi connectivity index (χ3n) is 9.19. The average Bonchev–Trinajstić information content (AvgIpc) is 3.11. The van der Waals surface area contributed by atoms with E-state index in [9.17, 15) is 9.59 Å². The van der Waals surface area contributed by atoms with E-state index in [-0.39, 0.29) is 25.2 Å². The summed E-state index contributed by atoms with van der Waals surface area (Å²) in [5, 5.41) is 0. The van der Waals surface area contributed by atoms with Crippen molar-refractivity contribution in [3.63, 3.8) is 0 Å². The van der Waals surface area contributed by atoms with E-state index in [2.05, 4.69) is 62.5 Å². The molecule has 6 heteroatoms. The summed E-state index contributed by atoms with van der Waals surface area (Å²) in [7, 11) is 0. The largest absolute Gasteiger partial charge is 0.465 e. The van der Waals surface area contributed by atoms with Gasteiger partial charge >= 0.3 is 11.9 Å². The molecule has 0 N–H and O–H groups in total. The summed E-state index contributed by atoms with van der Waals surface area (Å²) in [5.41, 5.74) is -0.683. The normalized spacial score (nSPS) is 15.9. The second-order valence-corrected chi connectivity index (χ2v) is 14.8. The third-order valence-corrected chi connectivity index (χ3v) is 9.19. The Hall–Kier alpha value is -2.18. The van der Waals surface area contributed by atoms with Gasteiger partial charge in [0.1, 0.15) is 13.2 Å². The standard InChI is InChI=1S/C44H76O6/c1-5-7-9-11-13-15-17-19-21-23-25-27-29-31-33-35-41(45)47-37-44(39-49-43(3,4)50-40-44)38-48-42(46)36-34-32-30-28-26-24-22-20-18-16-14-12-10-8-6-2/h13-16,19-22H,5-12,17-18,23-40H2,1-4H3/b15-13-,16-14-,21-19-,22-20-. The molecule has 1 rings (SSSR count). The summed E-state index contributed by atoms with van der Waals surface area (Å²) in [5.74, 6) is -1.13. The van der Waals surface area contributed by atoms with Gasteiger partial charge in [-0.15, -0.1) is 0 Å². The number of carbonyl (C=O) groups is 2. The van der Waals surface area contributed by atoms with Crippen LogP contribution in [0.5, 0.6) is 0 Å². The maximum atomic E-state index is 12.6. The number of hydrogen-bond donors (Lipinski definition) is 0. The molecule has 0 aromatic carbocycles. The van der Waals surface area contributed by atoms with Crippen molar-refractivity contribution in [2.75, 3.05) is 26.4 Å². The van der Waals surface area contributed by atoms with E-state index in [1.54, 1.807) is 0 Å². The van der Waals surface area contributed by atoms with Crippen molar-refractivity contribution in [2.45, 2.75) is 188 Å². The average molecular weight is 701 g/mol. The minimum absolute atomic E-state index is 0.124. The maximum Gasteiger partial charge on any atom is 0.305 e. The summed E-state index contributed by atoms with van der Waals surface area (Å²) in [4.78, 5) is 25.1. The Morgan fingerprint density at radius 1 is 0.500 bits per heavy atom. The molecule has 1 aliphatic heterocycles. The smallest absolute Gasteiger partial charge is 0.305 e. The number of ether oxygens (including phenoxy) is 4. The van der Waals surface area contributed by atoms with Gasteiger partial charge in [-0.25, -0.2) is 0 Å². The molecule has 0 amide bonds. The molecule has 50 heavy (non-hydrogen) atoms. The van der Waals surface area contributed by atoms with Gasteiger partial charge in [-0.2, -0.15) is 0 Å². The van der Waals surface area contributed by atoms with Crippen LogP contribution in [0, 0.1) is 5.41 Å². The minimum atomic E-state index is -0.709. The van der Waals surface area contributed by atoms with E-state index < -0.39 is 11.2 Å². The van der Waals surface area contributed by atoms with Crippen LogP contribution in [0.1, 0.15) is 182 Å². The Balaban J connectivity index is 2.17. The molecule has 288 valence electrons. The van der Waals surface area contributed by atoms with Crippen molar-refractivity contribution in [3.05, 3.63) is 48.6 Å². The highest BCUT2D eigenvalue weighted by Gasteiger charge is 2.42. The Kier molecular flexibility index (Phi) is 28.9. The van der Waals surface area contributed by atoms with Gasteiger partial charge in [0.2, 0.25) is 0 Å². The molecular formula is C44H76O6. The van der Waals surface area contributed by atoms with Gasteiger partial charge in [-0.05, 0) is 90.9 Å². The van der Waals surface area contributed by atoms with Crippen molar-refractivity contribution in [1.29, 1.82) is 0 Å². The van der Waals surface area contributed by atoms with Gasteiger partial charge in [0, 0.05) is 12.8 Å². The fourth-order valence-corrected chi connectivity index (χ4v) is 5.72. The highest BCUT2D eigenvalue weighted by molar-refractivity contribution is 5.69. The van der Waals surface area contributed by atoms with Crippen LogP contribution in [0.3, 0.4) is 0 Å². The molecule has 0 saturated carbocycles. The molecule has 0 atom stereocenters. The number of esters is 2. The van der Waals surface area contributed by atoms with Crippen LogP contribution in [-0.4, -0.2) is 44.2 Å². The first kappa shape index (κ1) is 45.8. The lowest BCUT2D eigenvalue weighted by Crippen LogP contribution is -2.51. The quantitative estimate of drug-likeness (QED) is 0.0395. The van der Waals surface area contributed by atoms with Crippen molar-refractivity contribution in [1.82, 2.24) is 0 Å². The van der Waals surface area contributed by atoms with E-state index in [1.165, 1.54) is 77.0 Å². The molecule has 0 aromatic heterocycles. The van der Waals surface area contributed by atoms with Gasteiger partial charge < -0.3 is 18.9 Å². The van der Waals surface area contributed by atoms with Crippen LogP contribution in [0.2, 0.25) is 0 Å². The van der Waals surface area contributed by atoms with Gasteiger partial charge in [0.25, 0.3) is 0 Å². The summed E-state index contributed by atoms with van der Waals surface area (Å²) in [6, 6.07) is 0. The summed E-state index contributed by atoms with van der Waals surface area (Å²) in [6.45, 7) is 9.08. The molecule has 1 aliphatic rings. The molecule has 6 nitrogen and oxygen atoms in total. The molecule has 0 aliphatic carbocycles. The van der Waals surface area contributed by atoms with E-state index in [0.29, 0.717) is 26.1 Å². The second kappa shape index (κ2) is 31.5. The van der Waals surface area contributed by atoms with Crippen LogP contribution >= 0.6 is 0 Å². The zero-order valence-electron chi connectivity index (χ0n) is 32.9. The van der Waals surface area contributed by atoms with Crippen LogP contribution in [0.15, 0.2) is 48.6 Å². The number of hydrogen-bond acceptors (Lipinski definition) is 6. The predicted octanol–water partition coefficient (Wildman–Crippen LogP) is 12.5. The first-order valence-corrected chi connectivity index (χ1v) is 20.5. The molecule has 1 saturated heterocycles. The maximum absolute atomic E-state index is 12.6. The number of unbranched alkanes of at least 4 members (excludes halogenated alkanes) is 16. The van der Waals surface area contributed by atoms with Crippen LogP contribution in [0.4, 0.5) is 0 Å². The van der Waals surface area contributed by atoms with Crippen LogP contribution < -0.4 is 0 Å². The van der Waals surface area contributed by atoms with Crippen molar-refractivity contribution in [3.8, 4) is 0 Å². The number of carbonyl (C=O) groups excluding carboxylic acids is 2. The molecule has 0 bridgehead atoms. The Morgan fingerprint density at radius 2 is 0.840 bits per heavy atom. The van der Waals surface area contributed by atoms with Gasteiger partial charge in [0.15, 0.2) is 5.79 Å². The van der Waals surface area contributed by atoms with E-state index in [4.69, 9.17) is 18.9 Å². The Labute approximate surface area is 307 Å². The molecule has 0 radical (unpaired) electrons. The van der Waals surface area contributed by atoms with Crippen LogP contribution in [-0.2, 0) is 28.5 Å². The fraction of sp³-hybridized carbons (Fsp3) is 0.773. The van der Waals surface area contributed by atoms with E-state index in [0.717, 1.165) is 64.2 Å².